The molecule has 1 aromatic heterocycles. The first-order valence-corrected chi connectivity index (χ1v) is 7.06. The van der Waals surface area contributed by atoms with Crippen LogP contribution in [0.1, 0.15) is 23.7 Å². The first-order valence-electron chi connectivity index (χ1n) is 7.06. The lowest BCUT2D eigenvalue weighted by Crippen LogP contribution is -2.29. The van der Waals surface area contributed by atoms with Crippen molar-refractivity contribution in [3.8, 4) is 0 Å². The summed E-state index contributed by atoms with van der Waals surface area (Å²) in [5, 5.41) is 8.06. The molecule has 6 heteroatoms. The van der Waals surface area contributed by atoms with E-state index < -0.39 is 0 Å². The van der Waals surface area contributed by atoms with Crippen LogP contribution >= 0.6 is 0 Å². The SMILES string of the molecule is Cc1cn([C@H]2CCN(C(=O)OCc3ccccc3)C2)nn1. The summed E-state index contributed by atoms with van der Waals surface area (Å²) < 4.78 is 7.18. The molecule has 0 N–H and O–H groups in total. The molecule has 21 heavy (non-hydrogen) atoms. The fourth-order valence-corrected chi connectivity index (χ4v) is 2.48. The average Bonchev–Trinajstić information content (AvgIpc) is 3.14. The van der Waals surface area contributed by atoms with E-state index in [2.05, 4.69) is 10.3 Å². The molecular formula is C15H18N4O2. The van der Waals surface area contributed by atoms with E-state index in [1.165, 1.54) is 0 Å². The molecule has 1 atom stereocenters. The van der Waals surface area contributed by atoms with E-state index in [4.69, 9.17) is 4.74 Å². The molecule has 1 fully saturated rings. The van der Waals surface area contributed by atoms with Crippen molar-refractivity contribution in [1.29, 1.82) is 0 Å². The lowest BCUT2D eigenvalue weighted by atomic mass is 10.2. The highest BCUT2D eigenvalue weighted by atomic mass is 16.6. The molecule has 110 valence electrons. The molecule has 0 unspecified atom stereocenters. The molecule has 1 aliphatic heterocycles. The first kappa shape index (κ1) is 13.6. The number of likely N-dealkylation sites (tertiary alicyclic amines) is 1. The lowest BCUT2D eigenvalue weighted by molar-refractivity contribution is 0.103. The Bertz CT molecular complexity index is 611. The third-order valence-electron chi connectivity index (χ3n) is 3.63. The fraction of sp³-hybridized carbons (Fsp3) is 0.400. The van der Waals surface area contributed by atoms with Crippen LogP contribution in [0.25, 0.3) is 0 Å². The summed E-state index contributed by atoms with van der Waals surface area (Å²) in [4.78, 5) is 13.8. The highest BCUT2D eigenvalue weighted by Gasteiger charge is 2.29. The normalized spacial score (nSPS) is 18.0. The van der Waals surface area contributed by atoms with Crippen LogP contribution in [0, 0.1) is 6.92 Å². The molecule has 0 radical (unpaired) electrons. The molecule has 3 rings (SSSR count). The quantitative estimate of drug-likeness (QED) is 0.867. The van der Waals surface area contributed by atoms with Crippen molar-refractivity contribution in [2.24, 2.45) is 0 Å². The lowest BCUT2D eigenvalue weighted by Gasteiger charge is -2.16. The summed E-state index contributed by atoms with van der Waals surface area (Å²) in [7, 11) is 0. The Morgan fingerprint density at radius 1 is 1.38 bits per heavy atom. The van der Waals surface area contributed by atoms with Gasteiger partial charge in [0, 0.05) is 19.3 Å². The summed E-state index contributed by atoms with van der Waals surface area (Å²) in [6.07, 6.45) is 2.52. The molecule has 1 amide bonds. The van der Waals surface area contributed by atoms with Gasteiger partial charge in [0.25, 0.3) is 0 Å². The van der Waals surface area contributed by atoms with Crippen molar-refractivity contribution in [3.63, 3.8) is 0 Å². The maximum atomic E-state index is 12.1. The van der Waals surface area contributed by atoms with Crippen molar-refractivity contribution in [1.82, 2.24) is 19.9 Å². The van der Waals surface area contributed by atoms with Gasteiger partial charge in [-0.05, 0) is 18.9 Å². The van der Waals surface area contributed by atoms with Gasteiger partial charge in [-0.2, -0.15) is 0 Å². The molecule has 0 spiro atoms. The summed E-state index contributed by atoms with van der Waals surface area (Å²) in [6, 6.07) is 9.88. The van der Waals surface area contributed by atoms with Gasteiger partial charge >= 0.3 is 6.09 Å². The number of hydrogen-bond acceptors (Lipinski definition) is 4. The van der Waals surface area contributed by atoms with Crippen LogP contribution in [0.2, 0.25) is 0 Å². The van der Waals surface area contributed by atoms with Gasteiger partial charge in [0.05, 0.1) is 11.7 Å². The molecule has 1 aromatic carbocycles. The van der Waals surface area contributed by atoms with Gasteiger partial charge in [0.1, 0.15) is 6.61 Å². The van der Waals surface area contributed by atoms with E-state index in [0.29, 0.717) is 19.7 Å². The average molecular weight is 286 g/mol. The minimum atomic E-state index is -0.266. The Hall–Kier alpha value is -2.37. The zero-order chi connectivity index (χ0) is 14.7. The highest BCUT2D eigenvalue weighted by molar-refractivity contribution is 5.68. The van der Waals surface area contributed by atoms with Gasteiger partial charge in [-0.15, -0.1) is 5.10 Å². The number of rotatable bonds is 3. The Morgan fingerprint density at radius 3 is 2.90 bits per heavy atom. The van der Waals surface area contributed by atoms with E-state index in [0.717, 1.165) is 17.7 Å². The Labute approximate surface area is 123 Å². The Balaban J connectivity index is 1.52. The van der Waals surface area contributed by atoms with Gasteiger partial charge in [0.2, 0.25) is 0 Å². The molecule has 0 saturated carbocycles. The van der Waals surface area contributed by atoms with Gasteiger partial charge in [-0.1, -0.05) is 35.5 Å². The summed E-state index contributed by atoms with van der Waals surface area (Å²) in [6.45, 7) is 3.53. The third kappa shape index (κ3) is 3.21. The zero-order valence-electron chi connectivity index (χ0n) is 12.0. The minimum absolute atomic E-state index is 0.190. The molecule has 0 aliphatic carbocycles. The largest absolute Gasteiger partial charge is 0.445 e. The second-order valence-corrected chi connectivity index (χ2v) is 5.27. The number of aromatic nitrogens is 3. The van der Waals surface area contributed by atoms with Gasteiger partial charge in [-0.25, -0.2) is 9.48 Å². The van der Waals surface area contributed by atoms with Crippen molar-refractivity contribution < 1.29 is 9.53 Å². The first-order chi connectivity index (χ1) is 10.2. The van der Waals surface area contributed by atoms with E-state index in [1.54, 1.807) is 4.90 Å². The second kappa shape index (κ2) is 5.95. The number of carbonyl (C=O) groups excluding carboxylic acids is 1. The number of carbonyl (C=O) groups is 1. The smallest absolute Gasteiger partial charge is 0.410 e. The zero-order valence-corrected chi connectivity index (χ0v) is 12.0. The predicted molar refractivity (Wildman–Crippen MR) is 76.6 cm³/mol. The number of nitrogens with zero attached hydrogens (tertiary/aromatic N) is 4. The van der Waals surface area contributed by atoms with Crippen LogP contribution in [-0.4, -0.2) is 39.1 Å². The standard InChI is InChI=1S/C15H18N4O2/c1-12-9-19(17-16-12)14-7-8-18(10-14)15(20)21-11-13-5-3-2-4-6-13/h2-6,9,14H,7-8,10-11H2,1H3/t14-/m0/s1. The van der Waals surface area contributed by atoms with Crippen LogP contribution in [0.5, 0.6) is 0 Å². The van der Waals surface area contributed by atoms with E-state index in [-0.39, 0.29) is 12.1 Å². The fourth-order valence-electron chi connectivity index (χ4n) is 2.48. The summed E-state index contributed by atoms with van der Waals surface area (Å²) in [5.41, 5.74) is 1.88. The molecule has 2 aromatic rings. The number of amides is 1. The number of benzene rings is 1. The van der Waals surface area contributed by atoms with Gasteiger partial charge < -0.3 is 9.64 Å². The molecule has 1 aliphatic rings. The number of ether oxygens (including phenoxy) is 1. The van der Waals surface area contributed by atoms with Crippen LogP contribution in [-0.2, 0) is 11.3 Å². The topological polar surface area (TPSA) is 60.2 Å². The summed E-state index contributed by atoms with van der Waals surface area (Å²) in [5.74, 6) is 0. The van der Waals surface area contributed by atoms with E-state index >= 15 is 0 Å². The summed E-state index contributed by atoms with van der Waals surface area (Å²) >= 11 is 0. The van der Waals surface area contributed by atoms with E-state index in [9.17, 15) is 4.79 Å². The highest BCUT2D eigenvalue weighted by Crippen LogP contribution is 2.21. The van der Waals surface area contributed by atoms with Crippen molar-refractivity contribution in [3.05, 3.63) is 47.8 Å². The third-order valence-corrected chi connectivity index (χ3v) is 3.63. The monoisotopic (exact) mass is 286 g/mol. The number of hydrogen-bond donors (Lipinski definition) is 0. The molecule has 1 saturated heterocycles. The van der Waals surface area contributed by atoms with Crippen molar-refractivity contribution in [2.75, 3.05) is 13.1 Å². The van der Waals surface area contributed by atoms with E-state index in [1.807, 2.05) is 48.1 Å². The maximum Gasteiger partial charge on any atom is 0.410 e. The Kier molecular flexibility index (Phi) is 3.85. The predicted octanol–water partition coefficient (Wildman–Crippen LogP) is 2.17. The number of aryl methyl sites for hydroxylation is 1. The minimum Gasteiger partial charge on any atom is -0.445 e. The molecular weight excluding hydrogens is 268 g/mol. The molecule has 6 nitrogen and oxygen atoms in total. The van der Waals surface area contributed by atoms with Crippen LogP contribution < -0.4 is 0 Å². The van der Waals surface area contributed by atoms with Gasteiger partial charge in [-0.3, -0.25) is 0 Å². The second-order valence-electron chi connectivity index (χ2n) is 5.27. The molecule has 0 bridgehead atoms. The van der Waals surface area contributed by atoms with Gasteiger partial charge in [0.15, 0.2) is 0 Å². The van der Waals surface area contributed by atoms with Crippen LogP contribution in [0.15, 0.2) is 36.5 Å². The van der Waals surface area contributed by atoms with Crippen LogP contribution in [0.3, 0.4) is 0 Å². The Morgan fingerprint density at radius 2 is 2.19 bits per heavy atom. The van der Waals surface area contributed by atoms with Crippen molar-refractivity contribution >= 4 is 6.09 Å². The van der Waals surface area contributed by atoms with Crippen molar-refractivity contribution in [2.45, 2.75) is 26.0 Å². The maximum absolute atomic E-state index is 12.1. The molecule has 2 heterocycles. The van der Waals surface area contributed by atoms with Crippen LogP contribution in [0.4, 0.5) is 4.79 Å².